The van der Waals surface area contributed by atoms with E-state index in [9.17, 15) is 9.59 Å². The molecule has 2 N–H and O–H groups in total. The molecule has 104 valence electrons. The third kappa shape index (κ3) is 8.72. The summed E-state index contributed by atoms with van der Waals surface area (Å²) in [7, 11) is 1.56. The Bertz CT molecular complexity index is 278. The molecule has 0 bridgehead atoms. The molecule has 0 aromatic rings. The molecule has 0 heterocycles. The van der Waals surface area contributed by atoms with E-state index in [4.69, 9.17) is 14.6 Å². The van der Waals surface area contributed by atoms with Gasteiger partial charge in [0.25, 0.3) is 0 Å². The Kier molecular flexibility index (Phi) is 9.90. The number of nitrogens with one attached hydrogen (secondary N) is 1. The van der Waals surface area contributed by atoms with Gasteiger partial charge in [0, 0.05) is 13.5 Å². The summed E-state index contributed by atoms with van der Waals surface area (Å²) in [4.78, 5) is 22.3. The van der Waals surface area contributed by atoms with Gasteiger partial charge in [-0.2, -0.15) is 0 Å². The molecular formula is C12H21NO5. The Hall–Kier alpha value is -1.40. The fourth-order valence-electron chi connectivity index (χ4n) is 1.17. The lowest BCUT2D eigenvalue weighted by molar-refractivity contribution is -0.141. The molecule has 0 spiro atoms. The molecule has 0 aliphatic rings. The summed E-state index contributed by atoms with van der Waals surface area (Å²) >= 11 is 0. The molecule has 18 heavy (non-hydrogen) atoms. The first-order valence-electron chi connectivity index (χ1n) is 5.81. The Labute approximate surface area is 107 Å². The molecule has 0 aromatic carbocycles. The van der Waals surface area contributed by atoms with Crippen molar-refractivity contribution in [2.75, 3.05) is 26.9 Å². The number of rotatable bonds is 10. The summed E-state index contributed by atoms with van der Waals surface area (Å²) < 4.78 is 9.90. The fraction of sp³-hybridized carbons (Fsp3) is 0.667. The molecule has 0 saturated heterocycles. The molecule has 1 atom stereocenters. The van der Waals surface area contributed by atoms with Gasteiger partial charge in [0.1, 0.15) is 6.04 Å². The Morgan fingerprint density at radius 2 is 2.06 bits per heavy atom. The third-order valence-corrected chi connectivity index (χ3v) is 2.15. The van der Waals surface area contributed by atoms with Crippen LogP contribution in [0.3, 0.4) is 0 Å². The highest BCUT2D eigenvalue weighted by Crippen LogP contribution is 1.96. The highest BCUT2D eigenvalue weighted by Gasteiger charge is 2.17. The van der Waals surface area contributed by atoms with E-state index in [1.54, 1.807) is 26.2 Å². The lowest BCUT2D eigenvalue weighted by Crippen LogP contribution is -2.40. The summed E-state index contributed by atoms with van der Waals surface area (Å²) in [5.41, 5.74) is 0. The first-order valence-corrected chi connectivity index (χ1v) is 5.81. The molecule has 0 radical (unpaired) electrons. The largest absolute Gasteiger partial charge is 0.480 e. The topological polar surface area (TPSA) is 84.9 Å². The van der Waals surface area contributed by atoms with E-state index >= 15 is 0 Å². The van der Waals surface area contributed by atoms with Crippen LogP contribution in [0.2, 0.25) is 0 Å². The third-order valence-electron chi connectivity index (χ3n) is 2.15. The van der Waals surface area contributed by atoms with Crippen LogP contribution in [-0.2, 0) is 19.1 Å². The molecule has 0 fully saturated rings. The van der Waals surface area contributed by atoms with Crippen molar-refractivity contribution in [2.45, 2.75) is 25.8 Å². The van der Waals surface area contributed by atoms with Crippen molar-refractivity contribution in [3.63, 3.8) is 0 Å². The van der Waals surface area contributed by atoms with Gasteiger partial charge >= 0.3 is 5.97 Å². The zero-order valence-electron chi connectivity index (χ0n) is 10.8. The van der Waals surface area contributed by atoms with E-state index in [2.05, 4.69) is 5.32 Å². The molecule has 1 amide bonds. The normalized spacial score (nSPS) is 12.6. The number of hydrogen-bond acceptors (Lipinski definition) is 4. The quantitative estimate of drug-likeness (QED) is 0.442. The standard InChI is InChI=1S/C12H21NO5/c1-3-4-5-10(12(15)16)13-11(14)6-7-18-9-8-17-2/h3-4,10H,5-9H2,1-2H3,(H,13,14)(H,15,16)/b4-3+. The summed E-state index contributed by atoms with van der Waals surface area (Å²) in [6, 6.07) is -0.882. The summed E-state index contributed by atoms with van der Waals surface area (Å²) in [6.45, 7) is 2.95. The second kappa shape index (κ2) is 10.7. The molecule has 6 heteroatoms. The van der Waals surface area contributed by atoms with Gasteiger partial charge in [0.15, 0.2) is 0 Å². The van der Waals surface area contributed by atoms with Crippen LogP contribution >= 0.6 is 0 Å². The fourth-order valence-corrected chi connectivity index (χ4v) is 1.17. The average molecular weight is 259 g/mol. The van der Waals surface area contributed by atoms with Crippen LogP contribution in [-0.4, -0.2) is 50.0 Å². The van der Waals surface area contributed by atoms with E-state index in [1.165, 1.54) is 0 Å². The monoisotopic (exact) mass is 259 g/mol. The zero-order chi connectivity index (χ0) is 13.8. The maximum absolute atomic E-state index is 11.4. The molecule has 1 unspecified atom stereocenters. The predicted octanol–water partition coefficient (Wildman–Crippen LogP) is 0.575. The summed E-state index contributed by atoms with van der Waals surface area (Å²) in [5, 5.41) is 11.3. The summed E-state index contributed by atoms with van der Waals surface area (Å²) in [5.74, 6) is -1.37. The molecule has 0 aromatic heterocycles. The number of ether oxygens (including phenoxy) is 2. The van der Waals surface area contributed by atoms with Gasteiger partial charge in [-0.25, -0.2) is 4.79 Å². The SMILES string of the molecule is C/C=C/CC(NC(=O)CCOCCOC)C(=O)O. The van der Waals surface area contributed by atoms with Crippen molar-refractivity contribution in [2.24, 2.45) is 0 Å². The van der Waals surface area contributed by atoms with E-state index in [-0.39, 0.29) is 25.4 Å². The number of carboxylic acids is 1. The molecular weight excluding hydrogens is 238 g/mol. The number of allylic oxidation sites excluding steroid dienone is 1. The maximum Gasteiger partial charge on any atom is 0.326 e. The second-order valence-electron chi connectivity index (χ2n) is 3.62. The van der Waals surface area contributed by atoms with Gasteiger partial charge in [-0.15, -0.1) is 0 Å². The van der Waals surface area contributed by atoms with Gasteiger partial charge in [-0.3, -0.25) is 4.79 Å². The van der Waals surface area contributed by atoms with Gasteiger partial charge in [0.2, 0.25) is 5.91 Å². The van der Waals surface area contributed by atoms with Crippen molar-refractivity contribution in [3.05, 3.63) is 12.2 Å². The Balaban J connectivity index is 3.84. The Morgan fingerprint density at radius 3 is 2.61 bits per heavy atom. The average Bonchev–Trinajstić information content (AvgIpc) is 2.33. The number of carbonyl (C=O) groups is 2. The number of methoxy groups -OCH3 is 1. The smallest absolute Gasteiger partial charge is 0.326 e. The zero-order valence-corrected chi connectivity index (χ0v) is 10.8. The molecule has 6 nitrogen and oxygen atoms in total. The van der Waals surface area contributed by atoms with Crippen LogP contribution < -0.4 is 5.32 Å². The van der Waals surface area contributed by atoms with E-state index in [0.717, 1.165) is 0 Å². The van der Waals surface area contributed by atoms with E-state index in [0.29, 0.717) is 13.2 Å². The summed E-state index contributed by atoms with van der Waals surface area (Å²) in [6.07, 6.45) is 3.87. The van der Waals surface area contributed by atoms with Crippen molar-refractivity contribution < 1.29 is 24.2 Å². The van der Waals surface area contributed by atoms with Crippen LogP contribution in [0, 0.1) is 0 Å². The molecule has 0 rings (SSSR count). The van der Waals surface area contributed by atoms with E-state index < -0.39 is 12.0 Å². The van der Waals surface area contributed by atoms with Crippen molar-refractivity contribution >= 4 is 11.9 Å². The minimum absolute atomic E-state index is 0.142. The number of carboxylic acid groups (broad SMARTS) is 1. The lowest BCUT2D eigenvalue weighted by atomic mass is 10.2. The first kappa shape index (κ1) is 16.6. The number of aliphatic carboxylic acids is 1. The van der Waals surface area contributed by atoms with Crippen molar-refractivity contribution in [1.82, 2.24) is 5.32 Å². The highest BCUT2D eigenvalue weighted by atomic mass is 16.5. The minimum atomic E-state index is -1.04. The van der Waals surface area contributed by atoms with Gasteiger partial charge in [0.05, 0.1) is 19.8 Å². The maximum atomic E-state index is 11.4. The van der Waals surface area contributed by atoms with Crippen LogP contribution in [0.4, 0.5) is 0 Å². The number of hydrogen-bond donors (Lipinski definition) is 2. The Morgan fingerprint density at radius 1 is 1.33 bits per heavy atom. The van der Waals surface area contributed by atoms with Crippen molar-refractivity contribution in [1.29, 1.82) is 0 Å². The van der Waals surface area contributed by atoms with Crippen LogP contribution in [0.15, 0.2) is 12.2 Å². The van der Waals surface area contributed by atoms with Crippen molar-refractivity contribution in [3.8, 4) is 0 Å². The minimum Gasteiger partial charge on any atom is -0.480 e. The predicted molar refractivity (Wildman–Crippen MR) is 66.3 cm³/mol. The lowest BCUT2D eigenvalue weighted by Gasteiger charge is -2.12. The second-order valence-corrected chi connectivity index (χ2v) is 3.62. The number of carbonyl (C=O) groups excluding carboxylic acids is 1. The van der Waals surface area contributed by atoms with Crippen LogP contribution in [0.25, 0.3) is 0 Å². The highest BCUT2D eigenvalue weighted by molar-refractivity contribution is 5.83. The molecule has 0 aliphatic heterocycles. The molecule has 0 saturated carbocycles. The van der Waals surface area contributed by atoms with Crippen LogP contribution in [0.1, 0.15) is 19.8 Å². The first-order chi connectivity index (χ1) is 8.61. The van der Waals surface area contributed by atoms with E-state index in [1.807, 2.05) is 0 Å². The van der Waals surface area contributed by atoms with Gasteiger partial charge in [-0.1, -0.05) is 12.2 Å². The van der Waals surface area contributed by atoms with Gasteiger partial charge in [-0.05, 0) is 13.3 Å². The van der Waals surface area contributed by atoms with Gasteiger partial charge < -0.3 is 19.9 Å². The molecule has 0 aliphatic carbocycles. The van der Waals surface area contributed by atoms with Crippen LogP contribution in [0.5, 0.6) is 0 Å². The number of amides is 1.